The summed E-state index contributed by atoms with van der Waals surface area (Å²) in [5, 5.41) is 2.38. The summed E-state index contributed by atoms with van der Waals surface area (Å²) in [5.41, 5.74) is 24.1. The van der Waals surface area contributed by atoms with E-state index in [4.69, 9.17) is 4.42 Å². The standard InChI is InChI=1S/C67H57BN2O/c1-64(2,3)44-30-32-47(33-31-44)70-56-34-35-58-61(48-40-52-53(41-59(48)71-58)66(6,7)37-36-65(52,4)5)60(56)49-38-43(42-20-11-8-12-21-42)39-57-62(49)68(70)54-28-19-27-51-63(54)69(57)55-29-18-17-26-50(55)67(51,45-22-13-9-14-23-45)46-24-15-10-16-25-46/h8-35,38-41H,36-37H2,1-7H3. The molecule has 4 aliphatic rings. The molecule has 3 aliphatic heterocycles. The van der Waals surface area contributed by atoms with Crippen LogP contribution in [-0.2, 0) is 21.7 Å². The summed E-state index contributed by atoms with van der Waals surface area (Å²) >= 11 is 0. The summed E-state index contributed by atoms with van der Waals surface area (Å²) in [6.07, 6.45) is 2.30. The Labute approximate surface area is 418 Å². The second kappa shape index (κ2) is 14.7. The van der Waals surface area contributed by atoms with Crippen LogP contribution in [0.15, 0.2) is 199 Å². The second-order valence-electron chi connectivity index (χ2n) is 23.1. The molecule has 0 unspecified atom stereocenters. The molecule has 0 bridgehead atoms. The Balaban J connectivity index is 1.15. The van der Waals surface area contributed by atoms with E-state index in [2.05, 4.69) is 252 Å². The predicted octanol–water partition coefficient (Wildman–Crippen LogP) is 16.3. The number of anilines is 5. The van der Waals surface area contributed by atoms with Crippen molar-refractivity contribution >= 4 is 68.1 Å². The first-order chi connectivity index (χ1) is 34.3. The lowest BCUT2D eigenvalue weighted by Crippen LogP contribution is -2.62. The van der Waals surface area contributed by atoms with Gasteiger partial charge in [0.2, 0.25) is 0 Å². The molecule has 10 aromatic rings. The molecule has 0 atom stereocenters. The molecule has 4 heterocycles. The van der Waals surface area contributed by atoms with Crippen LogP contribution in [0.2, 0.25) is 0 Å². The molecule has 4 heteroatoms. The fraction of sp³-hybridized carbons (Fsp3) is 0.194. The smallest absolute Gasteiger partial charge is 0.333 e. The number of benzene rings is 9. The van der Waals surface area contributed by atoms with Crippen molar-refractivity contribution in [2.75, 3.05) is 9.71 Å². The molecule has 0 saturated heterocycles. The van der Waals surface area contributed by atoms with Crippen molar-refractivity contribution in [1.29, 1.82) is 0 Å². The van der Waals surface area contributed by atoms with Gasteiger partial charge in [0.1, 0.15) is 11.2 Å². The third-order valence-corrected chi connectivity index (χ3v) is 17.1. The van der Waals surface area contributed by atoms with Crippen LogP contribution in [0, 0.1) is 0 Å². The van der Waals surface area contributed by atoms with Crippen LogP contribution >= 0.6 is 0 Å². The van der Waals surface area contributed by atoms with Crippen LogP contribution in [0.25, 0.3) is 44.2 Å². The van der Waals surface area contributed by atoms with E-state index < -0.39 is 5.41 Å². The molecule has 14 rings (SSSR count). The number of rotatable bonds is 4. The van der Waals surface area contributed by atoms with Crippen LogP contribution in [0.4, 0.5) is 28.4 Å². The summed E-state index contributed by atoms with van der Waals surface area (Å²) in [6.45, 7) is 16.4. The van der Waals surface area contributed by atoms with Gasteiger partial charge in [0.05, 0.1) is 11.1 Å². The average Bonchev–Trinajstić information content (AvgIpc) is 3.77. The third kappa shape index (κ3) is 5.85. The van der Waals surface area contributed by atoms with Gasteiger partial charge < -0.3 is 14.1 Å². The van der Waals surface area contributed by atoms with Gasteiger partial charge in [-0.25, -0.2) is 0 Å². The van der Waals surface area contributed by atoms with Crippen LogP contribution in [-0.4, -0.2) is 6.85 Å². The predicted molar refractivity (Wildman–Crippen MR) is 299 cm³/mol. The van der Waals surface area contributed by atoms with Gasteiger partial charge in [-0.2, -0.15) is 0 Å². The first kappa shape index (κ1) is 42.3. The highest BCUT2D eigenvalue weighted by Gasteiger charge is 2.53. The lowest BCUT2D eigenvalue weighted by atomic mass is 9.42. The quantitative estimate of drug-likeness (QED) is 0.164. The van der Waals surface area contributed by atoms with Gasteiger partial charge in [-0.1, -0.05) is 188 Å². The van der Waals surface area contributed by atoms with Crippen LogP contribution in [0.1, 0.15) is 100 Å². The molecule has 1 aromatic heterocycles. The summed E-state index contributed by atoms with van der Waals surface area (Å²) in [6, 6.07) is 73.8. The minimum absolute atomic E-state index is 0.00470. The van der Waals surface area contributed by atoms with E-state index in [0.29, 0.717) is 0 Å². The monoisotopic (exact) mass is 916 g/mol. The molecule has 0 saturated carbocycles. The van der Waals surface area contributed by atoms with Crippen LogP contribution in [0.3, 0.4) is 0 Å². The molecule has 344 valence electrons. The highest BCUT2D eigenvalue weighted by atomic mass is 16.3. The Hall–Kier alpha value is -7.56. The summed E-state index contributed by atoms with van der Waals surface area (Å²) in [4.78, 5) is 5.33. The number of para-hydroxylation sites is 2. The first-order valence-electron chi connectivity index (χ1n) is 25.7. The maximum Gasteiger partial charge on any atom is 0.333 e. The van der Waals surface area contributed by atoms with Crippen molar-refractivity contribution in [3.63, 3.8) is 0 Å². The van der Waals surface area contributed by atoms with Crippen molar-refractivity contribution in [1.82, 2.24) is 0 Å². The van der Waals surface area contributed by atoms with Gasteiger partial charge in [-0.15, -0.1) is 0 Å². The fourth-order valence-corrected chi connectivity index (χ4v) is 13.5. The molecular weight excluding hydrogens is 860 g/mol. The van der Waals surface area contributed by atoms with Crippen molar-refractivity contribution in [2.24, 2.45) is 0 Å². The molecule has 0 N–H and O–H groups in total. The van der Waals surface area contributed by atoms with E-state index in [1.165, 1.54) is 111 Å². The Kier molecular flexibility index (Phi) is 8.79. The maximum absolute atomic E-state index is 7.12. The molecule has 0 radical (unpaired) electrons. The largest absolute Gasteiger partial charge is 0.456 e. The Bertz CT molecular complexity index is 3760. The molecule has 71 heavy (non-hydrogen) atoms. The van der Waals surface area contributed by atoms with Crippen molar-refractivity contribution < 1.29 is 4.42 Å². The lowest BCUT2D eigenvalue weighted by molar-refractivity contribution is 0.332. The Morgan fingerprint density at radius 2 is 1.13 bits per heavy atom. The van der Waals surface area contributed by atoms with Gasteiger partial charge in [0.25, 0.3) is 0 Å². The van der Waals surface area contributed by atoms with Crippen molar-refractivity contribution in [3.8, 4) is 22.3 Å². The number of nitrogens with zero attached hydrogens (tertiary/aromatic N) is 2. The van der Waals surface area contributed by atoms with Crippen LogP contribution in [0.5, 0.6) is 0 Å². The summed E-state index contributed by atoms with van der Waals surface area (Å²) in [5.74, 6) is 0. The highest BCUT2D eigenvalue weighted by Crippen LogP contribution is 2.60. The van der Waals surface area contributed by atoms with E-state index in [1.807, 2.05) is 0 Å². The van der Waals surface area contributed by atoms with E-state index in [0.717, 1.165) is 24.0 Å². The fourth-order valence-electron chi connectivity index (χ4n) is 13.5. The first-order valence-corrected chi connectivity index (χ1v) is 25.7. The van der Waals surface area contributed by atoms with Gasteiger partial charge in [0, 0.05) is 39.1 Å². The van der Waals surface area contributed by atoms with Crippen molar-refractivity contribution in [2.45, 2.75) is 83.0 Å². The molecular formula is C67H57BN2O. The number of fused-ring (bicyclic) bond motifs is 11. The Morgan fingerprint density at radius 1 is 0.507 bits per heavy atom. The zero-order valence-corrected chi connectivity index (χ0v) is 41.8. The van der Waals surface area contributed by atoms with Gasteiger partial charge in [0.15, 0.2) is 0 Å². The lowest BCUT2D eigenvalue weighted by Gasteiger charge is -2.52. The molecule has 1 aliphatic carbocycles. The highest BCUT2D eigenvalue weighted by molar-refractivity contribution is 6.94. The van der Waals surface area contributed by atoms with E-state index in [-0.39, 0.29) is 23.1 Å². The number of hydrogen-bond donors (Lipinski definition) is 0. The zero-order chi connectivity index (χ0) is 48.2. The molecule has 0 amide bonds. The normalized spacial score (nSPS) is 16.5. The Morgan fingerprint density at radius 3 is 1.80 bits per heavy atom. The molecule has 0 fully saturated rings. The van der Waals surface area contributed by atoms with E-state index >= 15 is 0 Å². The minimum Gasteiger partial charge on any atom is -0.456 e. The molecule has 9 aromatic carbocycles. The van der Waals surface area contributed by atoms with E-state index in [9.17, 15) is 0 Å². The summed E-state index contributed by atoms with van der Waals surface area (Å²) in [7, 11) is 0. The van der Waals surface area contributed by atoms with Crippen molar-refractivity contribution in [3.05, 3.63) is 233 Å². The third-order valence-electron chi connectivity index (χ3n) is 17.1. The van der Waals surface area contributed by atoms with E-state index in [1.54, 1.807) is 0 Å². The van der Waals surface area contributed by atoms with Crippen LogP contribution < -0.4 is 20.6 Å². The zero-order valence-electron chi connectivity index (χ0n) is 41.8. The molecule has 3 nitrogen and oxygen atoms in total. The summed E-state index contributed by atoms with van der Waals surface area (Å²) < 4.78 is 7.12. The average molecular weight is 917 g/mol. The topological polar surface area (TPSA) is 19.6 Å². The number of furan rings is 1. The number of hydrogen-bond acceptors (Lipinski definition) is 3. The maximum atomic E-state index is 7.12. The molecule has 0 spiro atoms. The van der Waals surface area contributed by atoms with Gasteiger partial charge in [-0.05, 0) is 150 Å². The minimum atomic E-state index is -0.604. The van der Waals surface area contributed by atoms with Gasteiger partial charge >= 0.3 is 6.85 Å². The second-order valence-corrected chi connectivity index (χ2v) is 23.1. The SMILES string of the molecule is CC(C)(C)c1ccc(N2B3c4cccc5c4N(c4ccccc4C5(c4ccccc4)c4ccccc4)c4cc(-c5ccccc5)cc(c43)-c3c2ccc2oc4cc5c(cc4c32)C(C)(C)CCC5(C)C)cc1. The van der Waals surface area contributed by atoms with Gasteiger partial charge in [-0.3, -0.25) is 0 Å².